The van der Waals surface area contributed by atoms with Crippen molar-refractivity contribution in [1.29, 1.82) is 0 Å². The van der Waals surface area contributed by atoms with E-state index in [1.54, 1.807) is 31.4 Å². The molecular weight excluding hydrogens is 505 g/mol. The fourth-order valence-corrected chi connectivity index (χ4v) is 5.00. The number of esters is 1. The number of hydrogen-bond acceptors (Lipinski definition) is 10. The average Bonchev–Trinajstić information content (AvgIpc) is 3.29. The summed E-state index contributed by atoms with van der Waals surface area (Å²) in [5.74, 6) is -2.85. The summed E-state index contributed by atoms with van der Waals surface area (Å²) in [6.45, 7) is 10.0. The standard InChI is InChI=1S/C24H30FN5O6S/c1-6-29-13-16(22-26-27-23(35-22)37(33,34)14-20(31)36-24(2,3)4)21(32)15-11-17(25)19(12-18(15)29)30-9-7-28(5)8-10-30/h11-13H,6-10,14H2,1-5H3. The number of aryl methyl sites for hydroxylation is 1. The summed E-state index contributed by atoms with van der Waals surface area (Å²) < 4.78 is 52.5. The Kier molecular flexibility index (Phi) is 7.12. The number of sulfone groups is 1. The van der Waals surface area contributed by atoms with Gasteiger partial charge in [-0.05, 0) is 46.9 Å². The van der Waals surface area contributed by atoms with E-state index in [2.05, 4.69) is 15.1 Å². The smallest absolute Gasteiger partial charge is 0.336 e. The van der Waals surface area contributed by atoms with E-state index in [0.717, 1.165) is 13.1 Å². The van der Waals surface area contributed by atoms with Crippen molar-refractivity contribution < 1.29 is 26.8 Å². The molecule has 0 bridgehead atoms. The Morgan fingerprint density at radius 3 is 2.46 bits per heavy atom. The van der Waals surface area contributed by atoms with Gasteiger partial charge in [0.25, 0.3) is 5.89 Å². The van der Waals surface area contributed by atoms with E-state index in [9.17, 15) is 18.0 Å². The molecule has 11 nitrogen and oxygen atoms in total. The predicted octanol–water partition coefficient (Wildman–Crippen LogP) is 2.08. The minimum absolute atomic E-state index is 0.0766. The number of piperazine rings is 1. The Hall–Kier alpha value is -3.32. The van der Waals surface area contributed by atoms with Crippen LogP contribution in [0.2, 0.25) is 0 Å². The van der Waals surface area contributed by atoms with E-state index in [1.807, 2.05) is 18.9 Å². The van der Waals surface area contributed by atoms with Gasteiger partial charge in [0, 0.05) is 44.3 Å². The zero-order chi connectivity index (χ0) is 27.1. The summed E-state index contributed by atoms with van der Waals surface area (Å²) >= 11 is 0. The van der Waals surface area contributed by atoms with Crippen molar-refractivity contribution >= 4 is 32.4 Å². The first kappa shape index (κ1) is 26.7. The van der Waals surface area contributed by atoms with Crippen molar-refractivity contribution in [3.8, 4) is 11.5 Å². The Morgan fingerprint density at radius 2 is 1.84 bits per heavy atom. The molecule has 1 aliphatic rings. The number of pyridine rings is 1. The van der Waals surface area contributed by atoms with Crippen LogP contribution < -0.4 is 10.3 Å². The van der Waals surface area contributed by atoms with Crippen LogP contribution in [0.15, 0.2) is 32.8 Å². The van der Waals surface area contributed by atoms with Crippen molar-refractivity contribution in [2.24, 2.45) is 0 Å². The van der Waals surface area contributed by atoms with Crippen LogP contribution >= 0.6 is 0 Å². The lowest BCUT2D eigenvalue weighted by Crippen LogP contribution is -2.44. The maximum absolute atomic E-state index is 15.2. The number of nitrogens with zero attached hydrogens (tertiary/aromatic N) is 5. The van der Waals surface area contributed by atoms with Gasteiger partial charge in [0.15, 0.2) is 5.75 Å². The first-order valence-electron chi connectivity index (χ1n) is 11.9. The number of halogens is 1. The fourth-order valence-electron chi connectivity index (χ4n) is 4.14. The highest BCUT2D eigenvalue weighted by Gasteiger charge is 2.30. The third-order valence-corrected chi connectivity index (χ3v) is 7.28. The number of aromatic nitrogens is 3. The minimum atomic E-state index is -4.31. The van der Waals surface area contributed by atoms with Crippen molar-refractivity contribution in [2.75, 3.05) is 43.9 Å². The van der Waals surface area contributed by atoms with Crippen molar-refractivity contribution in [1.82, 2.24) is 19.7 Å². The van der Waals surface area contributed by atoms with Crippen LogP contribution in [0.4, 0.5) is 10.1 Å². The van der Waals surface area contributed by atoms with Gasteiger partial charge in [0.05, 0.1) is 11.2 Å². The van der Waals surface area contributed by atoms with Gasteiger partial charge in [0.2, 0.25) is 15.3 Å². The number of likely N-dealkylation sites (N-methyl/N-ethyl adjacent to an activating group) is 1. The largest absolute Gasteiger partial charge is 0.459 e. The predicted molar refractivity (Wildman–Crippen MR) is 135 cm³/mol. The van der Waals surface area contributed by atoms with Crippen LogP contribution in [0, 0.1) is 5.82 Å². The topological polar surface area (TPSA) is 128 Å². The van der Waals surface area contributed by atoms with Crippen LogP contribution in [0.5, 0.6) is 0 Å². The maximum atomic E-state index is 15.2. The summed E-state index contributed by atoms with van der Waals surface area (Å²) in [4.78, 5) is 29.4. The third-order valence-electron chi connectivity index (χ3n) is 5.96. The number of hydrogen-bond donors (Lipinski definition) is 0. The molecule has 0 radical (unpaired) electrons. The van der Waals surface area contributed by atoms with Gasteiger partial charge >= 0.3 is 11.2 Å². The minimum Gasteiger partial charge on any atom is -0.459 e. The monoisotopic (exact) mass is 535 g/mol. The van der Waals surface area contributed by atoms with Gasteiger partial charge in [-0.3, -0.25) is 9.59 Å². The summed E-state index contributed by atoms with van der Waals surface area (Å²) in [6, 6.07) is 2.85. The number of anilines is 1. The molecule has 0 N–H and O–H groups in total. The second-order valence-corrected chi connectivity index (χ2v) is 11.9. The second kappa shape index (κ2) is 9.86. The van der Waals surface area contributed by atoms with E-state index in [0.29, 0.717) is 30.8 Å². The molecule has 3 heterocycles. The van der Waals surface area contributed by atoms with Crippen LogP contribution in [0.25, 0.3) is 22.4 Å². The molecule has 0 aliphatic carbocycles. The molecule has 1 aliphatic heterocycles. The van der Waals surface area contributed by atoms with E-state index in [4.69, 9.17) is 9.15 Å². The quantitative estimate of drug-likeness (QED) is 0.433. The van der Waals surface area contributed by atoms with Crippen LogP contribution in [-0.2, 0) is 25.9 Å². The molecule has 1 fully saturated rings. The molecule has 0 unspecified atom stereocenters. The van der Waals surface area contributed by atoms with E-state index in [-0.39, 0.29) is 16.8 Å². The Morgan fingerprint density at radius 1 is 1.16 bits per heavy atom. The van der Waals surface area contributed by atoms with E-state index < -0.39 is 43.6 Å². The highest BCUT2D eigenvalue weighted by Crippen LogP contribution is 2.28. The summed E-state index contributed by atoms with van der Waals surface area (Å²) in [6.07, 6.45) is 1.48. The second-order valence-electron chi connectivity index (χ2n) is 9.99. The number of carbonyl (C=O) groups excluding carboxylic acids is 1. The summed E-state index contributed by atoms with van der Waals surface area (Å²) in [7, 11) is -2.30. The van der Waals surface area contributed by atoms with E-state index in [1.165, 1.54) is 12.3 Å². The highest BCUT2D eigenvalue weighted by molar-refractivity contribution is 7.91. The number of carbonyl (C=O) groups is 1. The van der Waals surface area contributed by atoms with Crippen LogP contribution in [0.1, 0.15) is 27.7 Å². The van der Waals surface area contributed by atoms with Crippen LogP contribution in [0.3, 0.4) is 0 Å². The van der Waals surface area contributed by atoms with Crippen LogP contribution in [-0.4, -0.2) is 78.6 Å². The lowest BCUT2D eigenvalue weighted by Gasteiger charge is -2.34. The van der Waals surface area contributed by atoms with Gasteiger partial charge in [-0.25, -0.2) is 12.8 Å². The molecule has 1 aromatic carbocycles. The molecule has 13 heteroatoms. The third kappa shape index (κ3) is 5.67. The number of ether oxygens (including phenoxy) is 1. The number of fused-ring (bicyclic) bond motifs is 1. The maximum Gasteiger partial charge on any atom is 0.336 e. The van der Waals surface area contributed by atoms with Crippen molar-refractivity contribution in [2.45, 2.75) is 45.1 Å². The van der Waals surface area contributed by atoms with Gasteiger partial charge in [-0.2, -0.15) is 0 Å². The molecule has 2 aromatic heterocycles. The zero-order valence-corrected chi connectivity index (χ0v) is 22.3. The molecular formula is C24H30FN5O6S. The normalized spacial score (nSPS) is 15.4. The highest BCUT2D eigenvalue weighted by atomic mass is 32.2. The summed E-state index contributed by atoms with van der Waals surface area (Å²) in [5.41, 5.74) is -0.578. The lowest BCUT2D eigenvalue weighted by molar-refractivity contribution is -0.151. The molecule has 37 heavy (non-hydrogen) atoms. The van der Waals surface area contributed by atoms with Crippen molar-refractivity contribution in [3.63, 3.8) is 0 Å². The first-order chi connectivity index (χ1) is 17.3. The molecule has 3 aromatic rings. The van der Waals surface area contributed by atoms with E-state index >= 15 is 4.39 Å². The molecule has 0 saturated carbocycles. The molecule has 0 atom stereocenters. The summed E-state index contributed by atoms with van der Waals surface area (Å²) in [5, 5.41) is 6.56. The van der Waals surface area contributed by atoms with Gasteiger partial charge in [-0.15, -0.1) is 5.10 Å². The number of benzene rings is 1. The zero-order valence-electron chi connectivity index (χ0n) is 21.4. The average molecular weight is 536 g/mol. The first-order valence-corrected chi connectivity index (χ1v) is 13.5. The molecule has 1 saturated heterocycles. The molecule has 0 amide bonds. The lowest BCUT2D eigenvalue weighted by atomic mass is 10.1. The Bertz CT molecular complexity index is 1500. The van der Waals surface area contributed by atoms with Gasteiger partial charge in [0.1, 0.15) is 17.0 Å². The van der Waals surface area contributed by atoms with Gasteiger partial charge < -0.3 is 23.5 Å². The molecule has 0 spiro atoms. The molecule has 4 rings (SSSR count). The fraction of sp³-hybridized carbons (Fsp3) is 0.500. The number of rotatable bonds is 6. The Balaban J connectivity index is 1.71. The molecule has 200 valence electrons. The SMILES string of the molecule is CCn1cc(-c2nnc(S(=O)(=O)CC(=O)OC(C)(C)C)o2)c(=O)c2cc(F)c(N3CCN(C)CC3)cc21. The van der Waals surface area contributed by atoms with Gasteiger partial charge in [-0.1, -0.05) is 5.10 Å². The Labute approximate surface area is 213 Å². The van der Waals surface area contributed by atoms with Crippen molar-refractivity contribution in [3.05, 3.63) is 34.4 Å².